The van der Waals surface area contributed by atoms with Gasteiger partial charge < -0.3 is 5.11 Å². The summed E-state index contributed by atoms with van der Waals surface area (Å²) in [4.78, 5) is 11.3. The van der Waals surface area contributed by atoms with Gasteiger partial charge in [-0.05, 0) is 17.7 Å². The Kier molecular flexibility index (Phi) is 4.29. The summed E-state index contributed by atoms with van der Waals surface area (Å²) in [7, 11) is 0. The predicted octanol–water partition coefficient (Wildman–Crippen LogP) is 3.27. The average molecular weight is 258 g/mol. The Hall–Kier alpha value is -1.62. The highest BCUT2D eigenvalue weighted by atomic mass is 19.4. The van der Waals surface area contributed by atoms with Crippen LogP contribution in [0.1, 0.15) is 30.6 Å². The molecule has 1 rings (SSSR count). The van der Waals surface area contributed by atoms with Gasteiger partial charge in [0.15, 0.2) is 5.78 Å². The second-order valence-electron chi connectivity index (χ2n) is 3.82. The number of hydrogen-bond acceptors (Lipinski definition) is 2. The number of rotatable bonds is 4. The van der Waals surface area contributed by atoms with Crippen molar-refractivity contribution < 1.29 is 23.1 Å². The van der Waals surface area contributed by atoms with Gasteiger partial charge in [-0.15, -0.1) is 0 Å². The molecule has 0 aliphatic rings. The van der Waals surface area contributed by atoms with Crippen LogP contribution in [0.2, 0.25) is 0 Å². The molecule has 2 nitrogen and oxygen atoms in total. The van der Waals surface area contributed by atoms with E-state index in [0.29, 0.717) is 0 Å². The first-order valence-electron chi connectivity index (χ1n) is 5.34. The molecule has 0 aliphatic heterocycles. The Balaban J connectivity index is 2.92. The maximum Gasteiger partial charge on any atom is 0.416 e. The van der Waals surface area contributed by atoms with Crippen molar-refractivity contribution >= 4 is 5.78 Å². The molecule has 98 valence electrons. The average Bonchev–Trinajstić information content (AvgIpc) is 2.35. The summed E-state index contributed by atoms with van der Waals surface area (Å²) in [6.07, 6.45) is -5.49. The molecule has 0 fully saturated rings. The fourth-order valence-corrected chi connectivity index (χ4v) is 1.44. The van der Waals surface area contributed by atoms with E-state index in [9.17, 15) is 23.1 Å². The standard InChI is InChI=1S/C13H13F3O2/c1-3-11(17)8(2)12(18)9-4-6-10(7-5-9)13(14,15)16/h4-7,12,18H,2-3H2,1H3. The lowest BCUT2D eigenvalue weighted by atomic mass is 9.97. The third-order valence-electron chi connectivity index (χ3n) is 2.56. The van der Waals surface area contributed by atoms with Gasteiger partial charge in [0.25, 0.3) is 0 Å². The Morgan fingerprint density at radius 2 is 1.83 bits per heavy atom. The fourth-order valence-electron chi connectivity index (χ4n) is 1.44. The molecule has 1 atom stereocenters. The SMILES string of the molecule is C=C(C(=O)CC)C(O)c1ccc(C(F)(F)F)cc1. The molecule has 1 N–H and O–H groups in total. The first kappa shape index (κ1) is 14.4. The highest BCUT2D eigenvalue weighted by Gasteiger charge is 2.30. The Bertz CT molecular complexity index is 446. The van der Waals surface area contributed by atoms with E-state index >= 15 is 0 Å². The number of halogens is 3. The van der Waals surface area contributed by atoms with E-state index in [2.05, 4.69) is 6.58 Å². The third-order valence-corrected chi connectivity index (χ3v) is 2.56. The second-order valence-corrected chi connectivity index (χ2v) is 3.82. The first-order valence-corrected chi connectivity index (χ1v) is 5.34. The van der Waals surface area contributed by atoms with E-state index in [1.165, 1.54) is 0 Å². The molecule has 0 aromatic heterocycles. The predicted molar refractivity (Wildman–Crippen MR) is 60.8 cm³/mol. The van der Waals surface area contributed by atoms with Crippen molar-refractivity contribution in [1.29, 1.82) is 0 Å². The van der Waals surface area contributed by atoms with Crippen molar-refractivity contribution in [3.05, 3.63) is 47.5 Å². The zero-order valence-electron chi connectivity index (χ0n) is 9.79. The third kappa shape index (κ3) is 3.20. The topological polar surface area (TPSA) is 37.3 Å². The van der Waals surface area contributed by atoms with E-state index in [0.717, 1.165) is 24.3 Å². The number of aliphatic hydroxyl groups is 1. The molecule has 0 bridgehead atoms. The molecule has 0 heterocycles. The van der Waals surface area contributed by atoms with Crippen molar-refractivity contribution in [2.75, 3.05) is 0 Å². The van der Waals surface area contributed by atoms with Gasteiger partial charge in [-0.2, -0.15) is 13.2 Å². The molecule has 5 heteroatoms. The maximum atomic E-state index is 12.3. The Morgan fingerprint density at radius 1 is 1.33 bits per heavy atom. The zero-order chi connectivity index (χ0) is 13.9. The van der Waals surface area contributed by atoms with Crippen LogP contribution in [-0.4, -0.2) is 10.9 Å². The fraction of sp³-hybridized carbons (Fsp3) is 0.308. The van der Waals surface area contributed by atoms with Crippen LogP contribution < -0.4 is 0 Å². The molecule has 0 amide bonds. The molecule has 0 radical (unpaired) electrons. The normalized spacial score (nSPS) is 13.2. The smallest absolute Gasteiger partial charge is 0.384 e. The highest BCUT2D eigenvalue weighted by molar-refractivity contribution is 5.95. The van der Waals surface area contributed by atoms with E-state index in [-0.39, 0.29) is 23.3 Å². The lowest BCUT2D eigenvalue weighted by Crippen LogP contribution is -2.10. The van der Waals surface area contributed by atoms with E-state index in [4.69, 9.17) is 0 Å². The number of alkyl halides is 3. The molecular weight excluding hydrogens is 245 g/mol. The van der Waals surface area contributed by atoms with E-state index in [1.54, 1.807) is 6.92 Å². The molecule has 18 heavy (non-hydrogen) atoms. The van der Waals surface area contributed by atoms with Gasteiger partial charge in [-0.1, -0.05) is 25.6 Å². The summed E-state index contributed by atoms with van der Waals surface area (Å²) in [5, 5.41) is 9.78. The number of aliphatic hydroxyl groups excluding tert-OH is 1. The molecule has 0 saturated heterocycles. The molecule has 0 saturated carbocycles. The molecule has 0 aliphatic carbocycles. The minimum absolute atomic E-state index is 0.0164. The number of carbonyl (C=O) groups is 1. The highest BCUT2D eigenvalue weighted by Crippen LogP contribution is 2.30. The summed E-state index contributed by atoms with van der Waals surface area (Å²) in [6.45, 7) is 5.07. The van der Waals surface area contributed by atoms with Gasteiger partial charge in [0, 0.05) is 12.0 Å². The number of Topliss-reactive ketones (excluding diaryl/α,β-unsaturated/α-hetero) is 1. The molecule has 0 spiro atoms. The number of carbonyl (C=O) groups excluding carboxylic acids is 1. The summed E-state index contributed by atoms with van der Waals surface area (Å²) in [5.74, 6) is -0.317. The molecular formula is C13H13F3O2. The molecule has 1 aromatic carbocycles. The van der Waals surface area contributed by atoms with Crippen LogP contribution in [-0.2, 0) is 11.0 Å². The number of benzene rings is 1. The van der Waals surface area contributed by atoms with Gasteiger partial charge in [0.1, 0.15) is 6.10 Å². The van der Waals surface area contributed by atoms with Gasteiger partial charge in [0.2, 0.25) is 0 Å². The largest absolute Gasteiger partial charge is 0.416 e. The summed E-state index contributed by atoms with van der Waals surface area (Å²) in [6, 6.07) is 4.01. The quantitative estimate of drug-likeness (QED) is 0.841. The van der Waals surface area contributed by atoms with E-state index < -0.39 is 17.8 Å². The minimum atomic E-state index is -4.42. The van der Waals surface area contributed by atoms with Crippen molar-refractivity contribution in [3.8, 4) is 0 Å². The first-order chi connectivity index (χ1) is 8.27. The monoisotopic (exact) mass is 258 g/mol. The van der Waals surface area contributed by atoms with Crippen LogP contribution in [0.5, 0.6) is 0 Å². The van der Waals surface area contributed by atoms with Crippen LogP contribution >= 0.6 is 0 Å². The second kappa shape index (κ2) is 5.35. The number of ketones is 1. The Morgan fingerprint density at radius 3 is 2.22 bits per heavy atom. The van der Waals surface area contributed by atoms with Crippen molar-refractivity contribution in [2.24, 2.45) is 0 Å². The van der Waals surface area contributed by atoms with Gasteiger partial charge in [-0.25, -0.2) is 0 Å². The summed E-state index contributed by atoms with van der Waals surface area (Å²) < 4.78 is 37.0. The Labute approximate surface area is 103 Å². The molecule has 1 unspecified atom stereocenters. The van der Waals surface area contributed by atoms with Gasteiger partial charge in [-0.3, -0.25) is 4.79 Å². The van der Waals surface area contributed by atoms with E-state index in [1.807, 2.05) is 0 Å². The van der Waals surface area contributed by atoms with Crippen LogP contribution in [0.4, 0.5) is 13.2 Å². The summed E-state index contributed by atoms with van der Waals surface area (Å²) >= 11 is 0. The number of hydrogen-bond donors (Lipinski definition) is 1. The minimum Gasteiger partial charge on any atom is -0.384 e. The maximum absolute atomic E-state index is 12.3. The van der Waals surface area contributed by atoms with Crippen molar-refractivity contribution in [2.45, 2.75) is 25.6 Å². The van der Waals surface area contributed by atoms with Crippen LogP contribution in [0, 0.1) is 0 Å². The zero-order valence-corrected chi connectivity index (χ0v) is 9.79. The van der Waals surface area contributed by atoms with Crippen molar-refractivity contribution in [3.63, 3.8) is 0 Å². The molecule has 1 aromatic rings. The lowest BCUT2D eigenvalue weighted by molar-refractivity contribution is -0.137. The van der Waals surface area contributed by atoms with Crippen LogP contribution in [0.3, 0.4) is 0 Å². The van der Waals surface area contributed by atoms with Gasteiger partial charge in [0.05, 0.1) is 5.56 Å². The van der Waals surface area contributed by atoms with Gasteiger partial charge >= 0.3 is 6.18 Å². The van der Waals surface area contributed by atoms with Crippen molar-refractivity contribution in [1.82, 2.24) is 0 Å². The lowest BCUT2D eigenvalue weighted by Gasteiger charge is -2.14. The van der Waals surface area contributed by atoms with Crippen LogP contribution in [0.25, 0.3) is 0 Å². The summed E-state index contributed by atoms with van der Waals surface area (Å²) in [5.41, 5.74) is -0.599. The van der Waals surface area contributed by atoms with Crippen LogP contribution in [0.15, 0.2) is 36.4 Å².